The molecule has 0 amide bonds. The number of alkyl halides is 1. The number of nitrogens with one attached hydrogen (secondary N) is 1. The van der Waals surface area contributed by atoms with E-state index in [1.807, 2.05) is 0 Å². The van der Waals surface area contributed by atoms with Gasteiger partial charge in [0.05, 0.1) is 0 Å². The summed E-state index contributed by atoms with van der Waals surface area (Å²) in [5.41, 5.74) is 0. The van der Waals surface area contributed by atoms with Crippen molar-refractivity contribution in [1.82, 2.24) is 5.32 Å². The second-order valence-electron chi connectivity index (χ2n) is 1.34. The molecule has 0 aromatic rings. The zero-order valence-corrected chi connectivity index (χ0v) is 5.50. The number of allylic oxidation sites excluding steroid dienone is 1. The Morgan fingerprint density at radius 3 is 2.88 bits per heavy atom. The van der Waals surface area contributed by atoms with E-state index in [9.17, 15) is 4.39 Å². The van der Waals surface area contributed by atoms with E-state index in [2.05, 4.69) is 5.32 Å². The molecule has 1 nitrogen and oxygen atoms in total. The highest BCUT2D eigenvalue weighted by atomic mass is 35.5. The van der Waals surface area contributed by atoms with Gasteiger partial charge in [0.25, 0.3) is 0 Å². The molecule has 0 rings (SSSR count). The van der Waals surface area contributed by atoms with Crippen molar-refractivity contribution in [2.24, 2.45) is 0 Å². The number of likely N-dealkylation sites (N-methyl/N-ethyl adjacent to an activating group) is 1. The third kappa shape index (κ3) is 4.09. The molecule has 0 bridgehead atoms. The number of hydrogen-bond donors (Lipinski definition) is 1. The van der Waals surface area contributed by atoms with Gasteiger partial charge in [-0.25, -0.2) is 4.39 Å². The van der Waals surface area contributed by atoms with Crippen molar-refractivity contribution in [2.75, 3.05) is 19.5 Å². The highest BCUT2D eigenvalue weighted by molar-refractivity contribution is 6.18. The minimum atomic E-state index is -0.206. The van der Waals surface area contributed by atoms with Gasteiger partial charge in [-0.05, 0) is 13.1 Å². The van der Waals surface area contributed by atoms with Crippen LogP contribution in [0.4, 0.5) is 4.39 Å². The lowest BCUT2D eigenvalue weighted by atomic mass is 10.5. The topological polar surface area (TPSA) is 12.0 Å². The van der Waals surface area contributed by atoms with Crippen LogP contribution in [0.1, 0.15) is 0 Å². The first-order valence-corrected chi connectivity index (χ1v) is 2.89. The Morgan fingerprint density at radius 2 is 2.50 bits per heavy atom. The van der Waals surface area contributed by atoms with Gasteiger partial charge in [-0.1, -0.05) is 0 Å². The summed E-state index contributed by atoms with van der Waals surface area (Å²) in [7, 11) is 1.68. The van der Waals surface area contributed by atoms with E-state index in [4.69, 9.17) is 11.6 Å². The van der Waals surface area contributed by atoms with Crippen LogP contribution in [-0.2, 0) is 0 Å². The Labute approximate surface area is 53.5 Å². The molecule has 3 heteroatoms. The lowest BCUT2D eigenvalue weighted by Crippen LogP contribution is -2.07. The first-order valence-electron chi connectivity index (χ1n) is 2.36. The lowest BCUT2D eigenvalue weighted by Gasteiger charge is -1.90. The van der Waals surface area contributed by atoms with Crippen molar-refractivity contribution < 1.29 is 4.39 Å². The molecule has 1 N–H and O–H groups in total. The molecular formula is C5H9ClFN. The molecule has 0 aliphatic rings. The van der Waals surface area contributed by atoms with E-state index in [1.54, 1.807) is 7.05 Å². The standard InChI is InChI=1S/C5H9ClFN/c1-8-4-5(7)2-3-6/h2,8H,3-4H2,1H3/b5-2+. The van der Waals surface area contributed by atoms with Gasteiger partial charge in [-0.15, -0.1) is 11.6 Å². The van der Waals surface area contributed by atoms with Gasteiger partial charge in [-0.3, -0.25) is 0 Å². The fourth-order valence-electron chi connectivity index (χ4n) is 0.325. The summed E-state index contributed by atoms with van der Waals surface area (Å²) < 4.78 is 12.1. The van der Waals surface area contributed by atoms with Crippen LogP contribution >= 0.6 is 11.6 Å². The summed E-state index contributed by atoms with van der Waals surface area (Å²) in [6.07, 6.45) is 1.33. The zero-order valence-electron chi connectivity index (χ0n) is 4.75. The maximum atomic E-state index is 12.1. The monoisotopic (exact) mass is 137 g/mol. The normalized spacial score (nSPS) is 12.1. The van der Waals surface area contributed by atoms with Gasteiger partial charge in [0.2, 0.25) is 0 Å². The van der Waals surface area contributed by atoms with Gasteiger partial charge in [0.15, 0.2) is 0 Å². The number of hydrogen-bond acceptors (Lipinski definition) is 1. The predicted octanol–water partition coefficient (Wildman–Crippen LogP) is 1.30. The molecule has 0 radical (unpaired) electrons. The minimum absolute atomic E-state index is 0.206. The summed E-state index contributed by atoms with van der Waals surface area (Å²) >= 11 is 5.19. The van der Waals surface area contributed by atoms with Crippen LogP contribution in [0.5, 0.6) is 0 Å². The van der Waals surface area contributed by atoms with Gasteiger partial charge >= 0.3 is 0 Å². The maximum Gasteiger partial charge on any atom is 0.111 e. The van der Waals surface area contributed by atoms with E-state index < -0.39 is 0 Å². The summed E-state index contributed by atoms with van der Waals surface area (Å²) in [4.78, 5) is 0. The van der Waals surface area contributed by atoms with Crippen LogP contribution in [-0.4, -0.2) is 19.5 Å². The molecule has 0 aromatic heterocycles. The molecule has 48 valence electrons. The van der Waals surface area contributed by atoms with E-state index in [0.717, 1.165) is 0 Å². The zero-order chi connectivity index (χ0) is 6.41. The van der Waals surface area contributed by atoms with Crippen LogP contribution < -0.4 is 5.32 Å². The van der Waals surface area contributed by atoms with Crippen molar-refractivity contribution in [2.45, 2.75) is 0 Å². The molecule has 0 aliphatic carbocycles. The minimum Gasteiger partial charge on any atom is -0.314 e. The molecular weight excluding hydrogens is 129 g/mol. The summed E-state index contributed by atoms with van der Waals surface area (Å²) in [5, 5.41) is 2.65. The summed E-state index contributed by atoms with van der Waals surface area (Å²) in [6.45, 7) is 0.271. The highest BCUT2D eigenvalue weighted by Gasteiger charge is 1.87. The molecule has 0 saturated carbocycles. The molecule has 0 heterocycles. The third-order valence-electron chi connectivity index (χ3n) is 0.644. The molecule has 0 saturated heterocycles. The third-order valence-corrected chi connectivity index (χ3v) is 0.799. The quantitative estimate of drug-likeness (QED) is 0.579. The predicted molar refractivity (Wildman–Crippen MR) is 33.8 cm³/mol. The van der Waals surface area contributed by atoms with Crippen LogP contribution in [0.25, 0.3) is 0 Å². The largest absolute Gasteiger partial charge is 0.314 e. The van der Waals surface area contributed by atoms with Gasteiger partial charge in [0, 0.05) is 12.4 Å². The van der Waals surface area contributed by atoms with Crippen molar-refractivity contribution in [3.8, 4) is 0 Å². The fourth-order valence-corrected chi connectivity index (χ4v) is 0.492. The van der Waals surface area contributed by atoms with Gasteiger partial charge in [0.1, 0.15) is 5.83 Å². The molecule has 0 aliphatic heterocycles. The first kappa shape index (κ1) is 7.92. The smallest absolute Gasteiger partial charge is 0.111 e. The highest BCUT2D eigenvalue weighted by Crippen LogP contribution is 1.92. The van der Waals surface area contributed by atoms with E-state index in [0.29, 0.717) is 0 Å². The molecule has 8 heavy (non-hydrogen) atoms. The first-order chi connectivity index (χ1) is 3.81. The Bertz CT molecular complexity index is 82.5. The van der Waals surface area contributed by atoms with E-state index in [-0.39, 0.29) is 18.3 Å². The van der Waals surface area contributed by atoms with Crippen LogP contribution in [0.3, 0.4) is 0 Å². The maximum absolute atomic E-state index is 12.1. The molecule has 0 aromatic carbocycles. The van der Waals surface area contributed by atoms with E-state index >= 15 is 0 Å². The second kappa shape index (κ2) is 5.06. The molecule has 0 fully saturated rings. The van der Waals surface area contributed by atoms with Crippen molar-refractivity contribution in [3.63, 3.8) is 0 Å². The van der Waals surface area contributed by atoms with E-state index in [1.165, 1.54) is 6.08 Å². The fraction of sp³-hybridized carbons (Fsp3) is 0.600. The number of rotatable bonds is 3. The SMILES string of the molecule is CNC/C(F)=C\CCl. The second-order valence-corrected chi connectivity index (χ2v) is 1.64. The van der Waals surface area contributed by atoms with Crippen molar-refractivity contribution >= 4 is 11.6 Å². The summed E-state index contributed by atoms with van der Waals surface area (Å²) in [5.74, 6) is 0.0375. The Kier molecular flexibility index (Phi) is 5.01. The Hall–Kier alpha value is -0.0800. The van der Waals surface area contributed by atoms with Gasteiger partial charge in [-0.2, -0.15) is 0 Å². The van der Waals surface area contributed by atoms with Crippen molar-refractivity contribution in [1.29, 1.82) is 0 Å². The van der Waals surface area contributed by atoms with Gasteiger partial charge < -0.3 is 5.32 Å². The lowest BCUT2D eigenvalue weighted by molar-refractivity contribution is 0.590. The average molecular weight is 138 g/mol. The Morgan fingerprint density at radius 1 is 1.88 bits per heavy atom. The summed E-state index contributed by atoms with van der Waals surface area (Å²) in [6, 6.07) is 0. The molecule has 0 unspecified atom stereocenters. The van der Waals surface area contributed by atoms with Crippen LogP contribution in [0.15, 0.2) is 11.9 Å². The number of halogens is 2. The molecule has 0 atom stereocenters. The van der Waals surface area contributed by atoms with Crippen LogP contribution in [0, 0.1) is 0 Å². The Balaban J connectivity index is 3.29. The molecule has 0 spiro atoms. The van der Waals surface area contributed by atoms with Crippen molar-refractivity contribution in [3.05, 3.63) is 11.9 Å². The average Bonchev–Trinajstić information content (AvgIpc) is 1.68. The van der Waals surface area contributed by atoms with Crippen LogP contribution in [0.2, 0.25) is 0 Å².